The van der Waals surface area contributed by atoms with Gasteiger partial charge in [-0.1, -0.05) is 29.8 Å². The molecule has 28 heavy (non-hydrogen) atoms. The van der Waals surface area contributed by atoms with E-state index in [2.05, 4.69) is 10.5 Å². The van der Waals surface area contributed by atoms with Gasteiger partial charge in [0, 0.05) is 16.7 Å². The minimum absolute atomic E-state index is 0.0454. The number of carbonyl (C=O) groups is 1. The number of para-hydroxylation sites is 1. The van der Waals surface area contributed by atoms with Gasteiger partial charge in [-0.15, -0.1) is 0 Å². The van der Waals surface area contributed by atoms with Crippen LogP contribution in [-0.2, 0) is 6.61 Å². The molecule has 3 aromatic carbocycles. The van der Waals surface area contributed by atoms with Gasteiger partial charge >= 0.3 is 0 Å². The number of benzene rings is 3. The molecule has 0 saturated heterocycles. The van der Waals surface area contributed by atoms with E-state index in [9.17, 15) is 14.3 Å². The lowest BCUT2D eigenvalue weighted by Gasteiger charge is -2.10. The zero-order valence-corrected chi connectivity index (χ0v) is 15.4. The molecule has 0 radical (unpaired) electrons. The Kier molecular flexibility index (Phi) is 6.24. The van der Waals surface area contributed by atoms with E-state index in [1.807, 2.05) is 0 Å². The summed E-state index contributed by atoms with van der Waals surface area (Å²) in [5.41, 5.74) is 3.61. The van der Waals surface area contributed by atoms with Crippen LogP contribution in [0.4, 0.5) is 4.39 Å². The Morgan fingerprint density at radius 2 is 1.86 bits per heavy atom. The fourth-order valence-corrected chi connectivity index (χ4v) is 2.59. The SMILES string of the molecule is O=C(N/N=C/c1ccccc1OCc1c(F)cccc1Cl)c1ccc(O)cc1. The summed E-state index contributed by atoms with van der Waals surface area (Å²) in [6.07, 6.45) is 1.43. The van der Waals surface area contributed by atoms with E-state index in [0.29, 0.717) is 16.9 Å². The number of halogens is 2. The molecular formula is C21H16ClFN2O3. The van der Waals surface area contributed by atoms with E-state index in [1.54, 1.807) is 30.3 Å². The summed E-state index contributed by atoms with van der Waals surface area (Å²) in [5.74, 6) is -0.335. The quantitative estimate of drug-likeness (QED) is 0.473. The third kappa shape index (κ3) is 4.86. The average Bonchev–Trinajstić information content (AvgIpc) is 2.69. The number of phenols is 1. The smallest absolute Gasteiger partial charge is 0.271 e. The van der Waals surface area contributed by atoms with Crippen molar-refractivity contribution >= 4 is 23.7 Å². The summed E-state index contributed by atoms with van der Waals surface area (Å²) in [5, 5.41) is 13.5. The fourth-order valence-electron chi connectivity index (χ4n) is 2.38. The average molecular weight is 399 g/mol. The number of ether oxygens (including phenoxy) is 1. The topological polar surface area (TPSA) is 70.9 Å². The number of carbonyl (C=O) groups excluding carboxylic acids is 1. The normalized spacial score (nSPS) is 10.8. The van der Waals surface area contributed by atoms with Gasteiger partial charge in [-0.2, -0.15) is 5.10 Å². The van der Waals surface area contributed by atoms with E-state index in [-0.39, 0.29) is 22.9 Å². The number of phenolic OH excluding ortho intramolecular Hbond substituents is 1. The minimum Gasteiger partial charge on any atom is -0.508 e. The first kappa shape index (κ1) is 19.4. The number of hydrogen-bond donors (Lipinski definition) is 2. The van der Waals surface area contributed by atoms with Crippen molar-refractivity contribution in [2.75, 3.05) is 0 Å². The van der Waals surface area contributed by atoms with Crippen molar-refractivity contribution in [2.24, 2.45) is 5.10 Å². The second-order valence-electron chi connectivity index (χ2n) is 5.77. The van der Waals surface area contributed by atoms with Gasteiger partial charge in [-0.25, -0.2) is 9.82 Å². The summed E-state index contributed by atoms with van der Waals surface area (Å²) < 4.78 is 19.6. The zero-order chi connectivity index (χ0) is 19.9. The summed E-state index contributed by atoms with van der Waals surface area (Å²) in [6.45, 7) is -0.0454. The lowest BCUT2D eigenvalue weighted by atomic mass is 10.2. The van der Waals surface area contributed by atoms with Crippen molar-refractivity contribution < 1.29 is 19.0 Å². The summed E-state index contributed by atoms with van der Waals surface area (Å²) in [4.78, 5) is 12.0. The van der Waals surface area contributed by atoms with Crippen LogP contribution in [0.3, 0.4) is 0 Å². The van der Waals surface area contributed by atoms with Crippen LogP contribution in [0.5, 0.6) is 11.5 Å². The molecule has 5 nitrogen and oxygen atoms in total. The molecule has 3 rings (SSSR count). The second kappa shape index (κ2) is 9.01. The Balaban J connectivity index is 1.67. The molecule has 2 N–H and O–H groups in total. The Hall–Kier alpha value is -3.38. The first-order valence-corrected chi connectivity index (χ1v) is 8.69. The van der Waals surface area contributed by atoms with Gasteiger partial charge in [0.1, 0.15) is 23.9 Å². The lowest BCUT2D eigenvalue weighted by molar-refractivity contribution is 0.0955. The van der Waals surface area contributed by atoms with Crippen molar-refractivity contribution in [1.29, 1.82) is 0 Å². The van der Waals surface area contributed by atoms with Crippen LogP contribution < -0.4 is 10.2 Å². The maximum atomic E-state index is 13.9. The molecule has 0 atom stereocenters. The molecule has 1 amide bonds. The van der Waals surface area contributed by atoms with Crippen molar-refractivity contribution in [3.05, 3.63) is 94.3 Å². The zero-order valence-electron chi connectivity index (χ0n) is 14.6. The third-order valence-corrected chi connectivity index (χ3v) is 4.21. The van der Waals surface area contributed by atoms with Crippen LogP contribution in [0, 0.1) is 5.82 Å². The Morgan fingerprint density at radius 1 is 1.11 bits per heavy atom. The highest BCUT2D eigenvalue weighted by molar-refractivity contribution is 6.31. The molecule has 3 aromatic rings. The number of nitrogens with zero attached hydrogens (tertiary/aromatic N) is 1. The third-order valence-electron chi connectivity index (χ3n) is 3.85. The molecule has 0 aromatic heterocycles. The summed E-state index contributed by atoms with van der Waals surface area (Å²) in [7, 11) is 0. The standard InChI is InChI=1S/C21H16ClFN2O3/c22-18-5-3-6-19(23)17(18)13-28-20-7-2-1-4-15(20)12-24-25-21(27)14-8-10-16(26)11-9-14/h1-12,26H,13H2,(H,25,27)/b24-12+. The maximum Gasteiger partial charge on any atom is 0.271 e. The Bertz CT molecular complexity index is 987. The van der Waals surface area contributed by atoms with E-state index in [4.69, 9.17) is 16.3 Å². The summed E-state index contributed by atoms with van der Waals surface area (Å²) in [6, 6.07) is 17.2. The predicted molar refractivity (Wildman–Crippen MR) is 105 cm³/mol. The monoisotopic (exact) mass is 398 g/mol. The molecule has 0 heterocycles. The van der Waals surface area contributed by atoms with E-state index < -0.39 is 11.7 Å². The molecule has 0 saturated carbocycles. The van der Waals surface area contributed by atoms with Crippen LogP contribution in [0.15, 0.2) is 71.8 Å². The maximum absolute atomic E-state index is 13.9. The van der Waals surface area contributed by atoms with E-state index in [0.717, 1.165) is 0 Å². The predicted octanol–water partition coefficient (Wildman–Crippen LogP) is 4.53. The molecule has 0 bridgehead atoms. The Labute approximate surface area is 166 Å². The van der Waals surface area contributed by atoms with Crippen molar-refractivity contribution in [3.63, 3.8) is 0 Å². The number of rotatable bonds is 6. The number of hydrazone groups is 1. The van der Waals surface area contributed by atoms with Gasteiger partial charge in [-0.05, 0) is 48.5 Å². The van der Waals surface area contributed by atoms with Crippen molar-refractivity contribution in [1.82, 2.24) is 5.43 Å². The van der Waals surface area contributed by atoms with Gasteiger partial charge < -0.3 is 9.84 Å². The van der Waals surface area contributed by atoms with E-state index >= 15 is 0 Å². The number of hydrogen-bond acceptors (Lipinski definition) is 4. The van der Waals surface area contributed by atoms with Crippen molar-refractivity contribution in [2.45, 2.75) is 6.61 Å². The van der Waals surface area contributed by atoms with Gasteiger partial charge in [-0.3, -0.25) is 4.79 Å². The highest BCUT2D eigenvalue weighted by atomic mass is 35.5. The van der Waals surface area contributed by atoms with Gasteiger partial charge in [0.25, 0.3) is 5.91 Å². The number of aromatic hydroxyl groups is 1. The number of nitrogens with one attached hydrogen (secondary N) is 1. The molecule has 142 valence electrons. The van der Waals surface area contributed by atoms with Gasteiger partial charge in [0.2, 0.25) is 0 Å². The Morgan fingerprint density at radius 3 is 2.61 bits per heavy atom. The molecule has 0 fully saturated rings. The first-order valence-electron chi connectivity index (χ1n) is 8.32. The molecule has 0 unspecified atom stereocenters. The largest absolute Gasteiger partial charge is 0.508 e. The van der Waals surface area contributed by atoms with E-state index in [1.165, 1.54) is 42.6 Å². The first-order chi connectivity index (χ1) is 13.5. The fraction of sp³-hybridized carbons (Fsp3) is 0.0476. The van der Waals surface area contributed by atoms with Crippen molar-refractivity contribution in [3.8, 4) is 11.5 Å². The van der Waals surface area contributed by atoms with Gasteiger partial charge in [0.05, 0.1) is 11.2 Å². The minimum atomic E-state index is -0.445. The molecule has 0 aliphatic rings. The highest BCUT2D eigenvalue weighted by Gasteiger charge is 2.09. The molecular weight excluding hydrogens is 383 g/mol. The second-order valence-corrected chi connectivity index (χ2v) is 6.18. The van der Waals surface area contributed by atoms with Crippen LogP contribution in [0.2, 0.25) is 5.02 Å². The van der Waals surface area contributed by atoms with Crippen LogP contribution in [-0.4, -0.2) is 17.2 Å². The molecule has 0 aliphatic carbocycles. The molecule has 0 aliphatic heterocycles. The lowest BCUT2D eigenvalue weighted by Crippen LogP contribution is -2.17. The van der Waals surface area contributed by atoms with Gasteiger partial charge in [0.15, 0.2) is 0 Å². The summed E-state index contributed by atoms with van der Waals surface area (Å²) >= 11 is 6.01. The van der Waals surface area contributed by atoms with Crippen LogP contribution in [0.1, 0.15) is 21.5 Å². The highest BCUT2D eigenvalue weighted by Crippen LogP contribution is 2.23. The van der Waals surface area contributed by atoms with Crippen LogP contribution in [0.25, 0.3) is 0 Å². The van der Waals surface area contributed by atoms with Crippen LogP contribution >= 0.6 is 11.6 Å². The number of amides is 1. The molecule has 7 heteroatoms. The molecule has 0 spiro atoms.